The highest BCUT2D eigenvalue weighted by atomic mass is 79.9. The van der Waals surface area contributed by atoms with Crippen molar-refractivity contribution in [1.82, 2.24) is 9.97 Å². The van der Waals surface area contributed by atoms with Gasteiger partial charge in [-0.1, -0.05) is 11.6 Å². The van der Waals surface area contributed by atoms with Gasteiger partial charge < -0.3 is 9.97 Å². The maximum Gasteiger partial charge on any atom is 0.175 e. The number of hydrogen-bond donors (Lipinski definition) is 2. The summed E-state index contributed by atoms with van der Waals surface area (Å²) in [6.45, 7) is 0. The summed E-state index contributed by atoms with van der Waals surface area (Å²) in [5.74, 6) is 0. The molecule has 0 spiro atoms. The lowest BCUT2D eigenvalue weighted by Gasteiger charge is -1.94. The molecule has 0 radical (unpaired) electrons. The van der Waals surface area contributed by atoms with Crippen molar-refractivity contribution in [3.05, 3.63) is 26.4 Å². The number of hydrogen-bond acceptors (Lipinski definition) is 1. The average molecular weight is 264 g/mol. The second kappa shape index (κ2) is 2.87. The third kappa shape index (κ3) is 1.20. The molecule has 0 atom stereocenters. The van der Waals surface area contributed by atoms with Crippen LogP contribution in [0, 0.1) is 4.77 Å². The Morgan fingerprint density at radius 2 is 1.92 bits per heavy atom. The maximum absolute atomic E-state index is 5.92. The zero-order chi connectivity index (χ0) is 8.72. The minimum absolute atomic E-state index is 0.582. The van der Waals surface area contributed by atoms with Crippen molar-refractivity contribution < 1.29 is 0 Å². The molecule has 0 bridgehead atoms. The smallest absolute Gasteiger partial charge is 0.175 e. The van der Waals surface area contributed by atoms with Gasteiger partial charge in [-0.05, 0) is 40.3 Å². The Morgan fingerprint density at radius 1 is 1.25 bits per heavy atom. The molecular weight excluding hydrogens is 260 g/mol. The Hall–Kier alpha value is -0.320. The number of H-pyrrole nitrogens is 2. The van der Waals surface area contributed by atoms with E-state index in [0.29, 0.717) is 9.79 Å². The van der Waals surface area contributed by atoms with Crippen LogP contribution >= 0.6 is 39.7 Å². The number of aromatic nitrogens is 2. The molecule has 0 saturated heterocycles. The lowest BCUT2D eigenvalue weighted by atomic mass is 10.3. The van der Waals surface area contributed by atoms with Crippen molar-refractivity contribution in [1.29, 1.82) is 0 Å². The van der Waals surface area contributed by atoms with Crippen molar-refractivity contribution in [2.45, 2.75) is 0 Å². The highest BCUT2D eigenvalue weighted by Gasteiger charge is 2.03. The lowest BCUT2D eigenvalue weighted by Crippen LogP contribution is -1.72. The number of halogens is 2. The predicted octanol–water partition coefficient (Wildman–Crippen LogP) is 3.64. The molecule has 1 heterocycles. The summed E-state index contributed by atoms with van der Waals surface area (Å²) in [6.07, 6.45) is 0. The van der Waals surface area contributed by atoms with E-state index in [0.717, 1.165) is 15.5 Å². The molecule has 2 rings (SSSR count). The number of fused-ring (bicyclic) bond motifs is 1. The maximum atomic E-state index is 5.92. The Morgan fingerprint density at radius 3 is 2.58 bits per heavy atom. The largest absolute Gasteiger partial charge is 0.330 e. The SMILES string of the molecule is S=c1[nH]c2c(Cl)ccc(Br)c2[nH]1. The second-order valence-electron chi connectivity index (χ2n) is 2.36. The van der Waals surface area contributed by atoms with Crippen molar-refractivity contribution in [2.75, 3.05) is 0 Å². The van der Waals surface area contributed by atoms with E-state index in [1.54, 1.807) is 0 Å². The van der Waals surface area contributed by atoms with Crippen LogP contribution in [-0.2, 0) is 0 Å². The molecular formula is C7H4BrClN2S. The molecule has 2 nitrogen and oxygen atoms in total. The second-order valence-corrected chi connectivity index (χ2v) is 4.03. The third-order valence-electron chi connectivity index (χ3n) is 1.58. The first-order chi connectivity index (χ1) is 5.68. The normalized spacial score (nSPS) is 10.8. The van der Waals surface area contributed by atoms with Gasteiger partial charge in [-0.3, -0.25) is 0 Å². The molecule has 0 fully saturated rings. The molecule has 0 aliphatic carbocycles. The quantitative estimate of drug-likeness (QED) is 0.699. The third-order valence-corrected chi connectivity index (χ3v) is 2.76. The number of benzene rings is 1. The highest BCUT2D eigenvalue weighted by Crippen LogP contribution is 2.27. The summed E-state index contributed by atoms with van der Waals surface area (Å²) in [5, 5.41) is 0.667. The molecule has 5 heteroatoms. The highest BCUT2D eigenvalue weighted by molar-refractivity contribution is 9.10. The Balaban J connectivity index is 3.03. The van der Waals surface area contributed by atoms with Crippen LogP contribution in [0.4, 0.5) is 0 Å². The van der Waals surface area contributed by atoms with Crippen LogP contribution in [0.25, 0.3) is 11.0 Å². The van der Waals surface area contributed by atoms with Gasteiger partial charge in [-0.15, -0.1) is 0 Å². The van der Waals surface area contributed by atoms with Crippen LogP contribution in [0.5, 0.6) is 0 Å². The number of aromatic amines is 2. The van der Waals surface area contributed by atoms with Crippen LogP contribution in [0.1, 0.15) is 0 Å². The summed E-state index contributed by atoms with van der Waals surface area (Å²) in [4.78, 5) is 5.96. The minimum atomic E-state index is 0.582. The minimum Gasteiger partial charge on any atom is -0.330 e. The van der Waals surface area contributed by atoms with E-state index in [9.17, 15) is 0 Å². The zero-order valence-electron chi connectivity index (χ0n) is 5.82. The van der Waals surface area contributed by atoms with Crippen LogP contribution in [0.2, 0.25) is 5.02 Å². The molecule has 0 aliphatic heterocycles. The van der Waals surface area contributed by atoms with Gasteiger partial charge in [0.25, 0.3) is 0 Å². The fourth-order valence-corrected chi connectivity index (χ4v) is 1.89. The summed E-state index contributed by atoms with van der Waals surface area (Å²) < 4.78 is 1.54. The first kappa shape index (κ1) is 8.29. The molecule has 1 aromatic carbocycles. The molecule has 2 aromatic rings. The zero-order valence-corrected chi connectivity index (χ0v) is 8.98. The fourth-order valence-electron chi connectivity index (χ4n) is 1.05. The summed E-state index contributed by atoms with van der Waals surface area (Å²) in [5.41, 5.74) is 1.75. The Labute approximate surface area is 87.1 Å². The predicted molar refractivity (Wildman–Crippen MR) is 56.2 cm³/mol. The van der Waals surface area contributed by atoms with Gasteiger partial charge in [-0.2, -0.15) is 0 Å². The van der Waals surface area contributed by atoms with E-state index in [1.165, 1.54) is 0 Å². The topological polar surface area (TPSA) is 31.6 Å². The first-order valence-electron chi connectivity index (χ1n) is 3.24. The molecule has 2 N–H and O–H groups in total. The summed E-state index contributed by atoms with van der Waals surface area (Å²) in [6, 6.07) is 3.69. The van der Waals surface area contributed by atoms with Crippen molar-refractivity contribution in [2.24, 2.45) is 0 Å². The van der Waals surface area contributed by atoms with Gasteiger partial charge in [0.15, 0.2) is 4.77 Å². The average Bonchev–Trinajstić information content (AvgIpc) is 2.41. The molecule has 0 amide bonds. The van der Waals surface area contributed by atoms with E-state index < -0.39 is 0 Å². The lowest BCUT2D eigenvalue weighted by molar-refractivity contribution is 1.30. The Kier molecular flexibility index (Phi) is 1.98. The van der Waals surface area contributed by atoms with E-state index in [1.807, 2.05) is 12.1 Å². The van der Waals surface area contributed by atoms with Crippen LogP contribution in [0.3, 0.4) is 0 Å². The van der Waals surface area contributed by atoms with Crippen molar-refractivity contribution >= 4 is 50.8 Å². The monoisotopic (exact) mass is 262 g/mol. The van der Waals surface area contributed by atoms with Crippen LogP contribution < -0.4 is 0 Å². The molecule has 0 saturated carbocycles. The van der Waals surface area contributed by atoms with Gasteiger partial charge in [0.1, 0.15) is 0 Å². The molecule has 12 heavy (non-hydrogen) atoms. The van der Waals surface area contributed by atoms with Gasteiger partial charge in [0.05, 0.1) is 16.1 Å². The van der Waals surface area contributed by atoms with E-state index in [2.05, 4.69) is 25.9 Å². The standard InChI is InChI=1S/C7H4BrClN2S/c8-3-1-2-4(9)6-5(3)10-7(12)11-6/h1-2H,(H2,10,11,12). The van der Waals surface area contributed by atoms with Gasteiger partial charge in [0, 0.05) is 4.47 Å². The van der Waals surface area contributed by atoms with Crippen molar-refractivity contribution in [3.8, 4) is 0 Å². The summed E-state index contributed by atoms with van der Waals surface area (Å²) >= 11 is 14.3. The van der Waals surface area contributed by atoms with Crippen LogP contribution in [0.15, 0.2) is 16.6 Å². The van der Waals surface area contributed by atoms with Crippen LogP contribution in [-0.4, -0.2) is 9.97 Å². The Bertz CT molecular complexity index is 446. The van der Waals surface area contributed by atoms with Crippen molar-refractivity contribution in [3.63, 3.8) is 0 Å². The van der Waals surface area contributed by atoms with E-state index in [4.69, 9.17) is 23.8 Å². The van der Waals surface area contributed by atoms with E-state index >= 15 is 0 Å². The molecule has 0 aliphatic rings. The fraction of sp³-hybridized carbons (Fsp3) is 0. The number of imidazole rings is 1. The van der Waals surface area contributed by atoms with E-state index in [-0.39, 0.29) is 0 Å². The van der Waals surface area contributed by atoms with Gasteiger partial charge in [-0.25, -0.2) is 0 Å². The first-order valence-corrected chi connectivity index (χ1v) is 4.82. The number of rotatable bonds is 0. The van der Waals surface area contributed by atoms with Gasteiger partial charge >= 0.3 is 0 Å². The molecule has 0 unspecified atom stereocenters. The molecule has 62 valence electrons. The van der Waals surface area contributed by atoms with Gasteiger partial charge in [0.2, 0.25) is 0 Å². The number of nitrogens with one attached hydrogen (secondary N) is 2. The summed E-state index contributed by atoms with van der Waals surface area (Å²) in [7, 11) is 0. The molecule has 1 aromatic heterocycles.